The first-order chi connectivity index (χ1) is 12.9. The molecule has 0 bridgehead atoms. The van der Waals surface area contributed by atoms with Gasteiger partial charge in [0, 0.05) is 0 Å². The smallest absolute Gasteiger partial charge is 0.338 e. The number of carbonyl (C=O) groups is 2. The Hall–Kier alpha value is -2.32. The van der Waals surface area contributed by atoms with E-state index in [1.54, 1.807) is 36.4 Å². The second kappa shape index (κ2) is 8.14. The monoisotopic (exact) mass is 440 g/mol. The molecule has 27 heavy (non-hydrogen) atoms. The van der Waals surface area contributed by atoms with Crippen molar-refractivity contribution < 1.29 is 32.6 Å². The zero-order valence-electron chi connectivity index (χ0n) is 13.9. The topological polar surface area (TPSA) is 61.8 Å². The van der Waals surface area contributed by atoms with Gasteiger partial charge < -0.3 is 14.2 Å². The summed E-state index contributed by atoms with van der Waals surface area (Å²) in [4.78, 5) is 24.2. The average Bonchev–Trinajstić information content (AvgIpc) is 2.90. The molecule has 2 aromatic rings. The number of rotatable bonds is 5. The van der Waals surface area contributed by atoms with Crippen molar-refractivity contribution in [3.8, 4) is 0 Å². The van der Waals surface area contributed by atoms with Gasteiger partial charge in [0.2, 0.25) is 0 Å². The summed E-state index contributed by atoms with van der Waals surface area (Å²) in [6.45, 7) is -0.488. The van der Waals surface area contributed by atoms with Crippen LogP contribution in [0.1, 0.15) is 20.7 Å². The predicted octanol–water partition coefficient (Wildman–Crippen LogP) is 3.82. The van der Waals surface area contributed by atoms with Gasteiger partial charge in [-0.25, -0.2) is 9.59 Å². The molecule has 8 heteroatoms. The lowest BCUT2D eigenvalue weighted by atomic mass is 10.1. The number of carbonyl (C=O) groups excluding carboxylic acids is 2. The number of esters is 2. The van der Waals surface area contributed by atoms with Gasteiger partial charge in [-0.15, -0.1) is 0 Å². The molecule has 2 aromatic carbocycles. The second-order valence-corrected chi connectivity index (χ2v) is 6.65. The summed E-state index contributed by atoms with van der Waals surface area (Å²) in [6, 6.07) is 15.9. The molecule has 1 aliphatic heterocycles. The molecule has 142 valence electrons. The van der Waals surface area contributed by atoms with Gasteiger partial charge in [-0.1, -0.05) is 52.3 Å². The molecule has 0 aromatic heterocycles. The van der Waals surface area contributed by atoms with E-state index >= 15 is 0 Å². The van der Waals surface area contributed by atoms with Crippen molar-refractivity contribution in [1.82, 2.24) is 0 Å². The Morgan fingerprint density at radius 3 is 2.04 bits per heavy atom. The van der Waals surface area contributed by atoms with Crippen LogP contribution in [0.5, 0.6) is 0 Å². The molecule has 3 atom stereocenters. The number of benzene rings is 2. The van der Waals surface area contributed by atoms with Crippen LogP contribution in [0.2, 0.25) is 0 Å². The van der Waals surface area contributed by atoms with Gasteiger partial charge >= 0.3 is 17.9 Å². The van der Waals surface area contributed by atoms with Crippen molar-refractivity contribution in [1.29, 1.82) is 0 Å². The molecule has 0 amide bonds. The van der Waals surface area contributed by atoms with E-state index in [4.69, 9.17) is 14.2 Å². The maximum atomic E-state index is 14.4. The third-order valence-corrected chi connectivity index (χ3v) is 4.77. The fourth-order valence-corrected chi connectivity index (χ4v) is 3.08. The van der Waals surface area contributed by atoms with Gasteiger partial charge in [-0.05, 0) is 24.3 Å². The molecule has 0 saturated carbocycles. The van der Waals surface area contributed by atoms with Gasteiger partial charge in [0.05, 0.1) is 11.1 Å². The standard InChI is InChI=1S/C19H15BrF2O5/c20-18-19(21,22)15(27-17(24)13-9-5-2-6-10-13)14(26-18)11-25-16(23)12-7-3-1-4-8-12/h1-10,14-15,18H,11H2. The SMILES string of the molecule is O=C(OCC1OC(Br)C(F)(F)C1OC(=O)c1ccccc1)c1ccccc1. The summed E-state index contributed by atoms with van der Waals surface area (Å²) < 4.78 is 44.0. The minimum Gasteiger partial charge on any atom is -0.459 e. The summed E-state index contributed by atoms with van der Waals surface area (Å²) in [6.07, 6.45) is -3.22. The third-order valence-electron chi connectivity index (χ3n) is 3.95. The van der Waals surface area contributed by atoms with Crippen LogP contribution in [0.15, 0.2) is 60.7 Å². The highest BCUT2D eigenvalue weighted by Crippen LogP contribution is 2.41. The Balaban J connectivity index is 1.69. The predicted molar refractivity (Wildman–Crippen MR) is 94.9 cm³/mol. The maximum Gasteiger partial charge on any atom is 0.338 e. The van der Waals surface area contributed by atoms with Gasteiger partial charge in [0.15, 0.2) is 11.1 Å². The molecule has 3 rings (SSSR count). The minimum absolute atomic E-state index is 0.131. The molecular weight excluding hydrogens is 426 g/mol. The molecule has 1 heterocycles. The average molecular weight is 441 g/mol. The van der Waals surface area contributed by atoms with Crippen molar-refractivity contribution >= 4 is 27.9 Å². The van der Waals surface area contributed by atoms with E-state index < -0.39 is 41.7 Å². The maximum absolute atomic E-state index is 14.4. The van der Waals surface area contributed by atoms with E-state index in [0.29, 0.717) is 0 Å². The second-order valence-electron chi connectivity index (χ2n) is 5.82. The first kappa shape index (κ1) is 19.4. The van der Waals surface area contributed by atoms with Crippen molar-refractivity contribution in [3.63, 3.8) is 0 Å². The number of hydrogen-bond acceptors (Lipinski definition) is 5. The van der Waals surface area contributed by atoms with Crippen LogP contribution < -0.4 is 0 Å². The lowest BCUT2D eigenvalue weighted by Crippen LogP contribution is -2.43. The van der Waals surface area contributed by atoms with Gasteiger partial charge in [0.25, 0.3) is 0 Å². The van der Waals surface area contributed by atoms with Gasteiger partial charge in [0.1, 0.15) is 12.7 Å². The van der Waals surface area contributed by atoms with E-state index in [2.05, 4.69) is 15.9 Å². The van der Waals surface area contributed by atoms with E-state index in [9.17, 15) is 18.4 Å². The molecule has 1 saturated heterocycles. The van der Waals surface area contributed by atoms with Crippen LogP contribution in [0, 0.1) is 0 Å². The highest BCUT2D eigenvalue weighted by Gasteiger charge is 2.60. The molecule has 0 radical (unpaired) electrons. The van der Waals surface area contributed by atoms with Crippen molar-refractivity contribution in [3.05, 3.63) is 71.8 Å². The largest absolute Gasteiger partial charge is 0.459 e. The Morgan fingerprint density at radius 1 is 0.963 bits per heavy atom. The van der Waals surface area contributed by atoms with E-state index in [1.165, 1.54) is 24.3 Å². The molecule has 1 aliphatic rings. The zero-order chi connectivity index (χ0) is 19.4. The first-order valence-electron chi connectivity index (χ1n) is 8.05. The summed E-state index contributed by atoms with van der Waals surface area (Å²) >= 11 is 2.73. The van der Waals surface area contributed by atoms with Crippen LogP contribution in [0.3, 0.4) is 0 Å². The molecule has 1 fully saturated rings. The van der Waals surface area contributed by atoms with Crippen molar-refractivity contribution in [2.45, 2.75) is 23.1 Å². The number of ether oxygens (including phenoxy) is 3. The minimum atomic E-state index is -3.49. The molecule has 0 aliphatic carbocycles. The van der Waals surface area contributed by atoms with Crippen LogP contribution >= 0.6 is 15.9 Å². The first-order valence-corrected chi connectivity index (χ1v) is 8.96. The quantitative estimate of drug-likeness (QED) is 0.522. The fourth-order valence-electron chi connectivity index (χ4n) is 2.55. The van der Waals surface area contributed by atoms with E-state index in [1.807, 2.05) is 0 Å². The van der Waals surface area contributed by atoms with Crippen LogP contribution in [-0.4, -0.2) is 41.7 Å². The van der Waals surface area contributed by atoms with Crippen LogP contribution in [0.4, 0.5) is 8.78 Å². The molecule has 3 unspecified atom stereocenters. The lowest BCUT2D eigenvalue weighted by Gasteiger charge is -2.22. The third kappa shape index (κ3) is 4.33. The lowest BCUT2D eigenvalue weighted by molar-refractivity contribution is -0.0983. The van der Waals surface area contributed by atoms with Gasteiger partial charge in [-0.2, -0.15) is 8.78 Å². The molecule has 5 nitrogen and oxygen atoms in total. The Morgan fingerprint density at radius 2 is 1.48 bits per heavy atom. The van der Waals surface area contributed by atoms with Gasteiger partial charge in [-0.3, -0.25) is 0 Å². The summed E-state index contributed by atoms with van der Waals surface area (Å²) in [5, 5.41) is -1.67. The molecular formula is C19H15BrF2O5. The van der Waals surface area contributed by atoms with E-state index in [-0.39, 0.29) is 11.1 Å². The highest BCUT2D eigenvalue weighted by molar-refractivity contribution is 9.09. The van der Waals surface area contributed by atoms with E-state index in [0.717, 1.165) is 0 Å². The fraction of sp³-hybridized carbons (Fsp3) is 0.263. The summed E-state index contributed by atoms with van der Waals surface area (Å²) in [5.74, 6) is -5.09. The zero-order valence-corrected chi connectivity index (χ0v) is 15.5. The number of hydrogen-bond donors (Lipinski definition) is 0. The number of halogens is 3. The van der Waals surface area contributed by atoms with Crippen LogP contribution in [0.25, 0.3) is 0 Å². The Labute approximate surface area is 162 Å². The molecule has 0 spiro atoms. The Bertz CT molecular complexity index is 800. The Kier molecular flexibility index (Phi) is 5.86. The number of alkyl halides is 3. The highest BCUT2D eigenvalue weighted by atomic mass is 79.9. The van der Waals surface area contributed by atoms with Crippen molar-refractivity contribution in [2.24, 2.45) is 0 Å². The summed E-state index contributed by atoms with van der Waals surface area (Å²) in [5.41, 5.74) is 0.404. The summed E-state index contributed by atoms with van der Waals surface area (Å²) in [7, 11) is 0. The molecule has 0 N–H and O–H groups in total. The normalized spacial score (nSPS) is 23.6. The van der Waals surface area contributed by atoms with Crippen LogP contribution in [-0.2, 0) is 14.2 Å². The van der Waals surface area contributed by atoms with Crippen molar-refractivity contribution in [2.75, 3.05) is 6.61 Å².